The third-order valence-corrected chi connectivity index (χ3v) is 5.46. The molecule has 0 spiro atoms. The Balaban J connectivity index is 1.22. The summed E-state index contributed by atoms with van der Waals surface area (Å²) in [5.41, 5.74) is 3.29. The second kappa shape index (κ2) is 10.1. The molecule has 3 aromatic carbocycles. The second-order valence-corrected chi connectivity index (χ2v) is 7.87. The van der Waals surface area contributed by atoms with Gasteiger partial charge in [0, 0.05) is 30.5 Å². The Hall–Kier alpha value is -4.68. The third-order valence-electron chi connectivity index (χ3n) is 5.46. The van der Waals surface area contributed by atoms with Crippen LogP contribution >= 0.6 is 0 Å². The summed E-state index contributed by atoms with van der Waals surface area (Å²) in [6.07, 6.45) is 1.79. The normalized spacial score (nSPS) is 13.2. The zero-order chi connectivity index (χ0) is 24.0. The molecular formula is C26H22N6O3. The minimum absolute atomic E-state index is 0.382. The van der Waals surface area contributed by atoms with Crippen LogP contribution < -0.4 is 20.3 Å². The number of aromatic nitrogens is 2. The number of rotatable bonds is 5. The van der Waals surface area contributed by atoms with E-state index in [4.69, 9.17) is 19.7 Å². The Morgan fingerprint density at radius 2 is 1.57 bits per heavy atom. The van der Waals surface area contributed by atoms with Gasteiger partial charge in [0.15, 0.2) is 0 Å². The molecule has 0 unspecified atom stereocenters. The summed E-state index contributed by atoms with van der Waals surface area (Å²) in [7, 11) is 0. The Labute approximate surface area is 201 Å². The largest absolute Gasteiger partial charge is 0.457 e. The minimum atomic E-state index is -0.382. The molecule has 4 aromatic rings. The van der Waals surface area contributed by atoms with Crippen molar-refractivity contribution in [2.75, 3.05) is 41.8 Å². The predicted molar refractivity (Wildman–Crippen MR) is 133 cm³/mol. The number of carbonyl (C=O) groups is 1. The molecular weight excluding hydrogens is 444 g/mol. The molecule has 0 radical (unpaired) electrons. The Morgan fingerprint density at radius 1 is 0.914 bits per heavy atom. The van der Waals surface area contributed by atoms with E-state index in [1.807, 2.05) is 24.3 Å². The number of anilines is 3. The van der Waals surface area contributed by atoms with Crippen LogP contribution in [0.25, 0.3) is 11.0 Å². The molecule has 1 aliphatic rings. The number of nitriles is 1. The first-order valence-corrected chi connectivity index (χ1v) is 11.1. The molecule has 35 heavy (non-hydrogen) atoms. The van der Waals surface area contributed by atoms with Crippen LogP contribution in [0.2, 0.25) is 0 Å². The third kappa shape index (κ3) is 5.46. The summed E-state index contributed by atoms with van der Waals surface area (Å²) in [4.78, 5) is 23.7. The molecule has 1 saturated heterocycles. The molecule has 0 bridgehead atoms. The highest BCUT2D eigenvalue weighted by atomic mass is 16.5. The van der Waals surface area contributed by atoms with Crippen molar-refractivity contribution in [2.24, 2.45) is 0 Å². The zero-order valence-electron chi connectivity index (χ0n) is 18.8. The van der Waals surface area contributed by atoms with Crippen LogP contribution in [0.3, 0.4) is 0 Å². The van der Waals surface area contributed by atoms with Crippen molar-refractivity contribution in [3.05, 3.63) is 78.5 Å². The summed E-state index contributed by atoms with van der Waals surface area (Å²) < 4.78 is 11.4. The number of carbonyl (C=O) groups excluding carboxylic acids is 1. The molecule has 2 N–H and O–H groups in total. The maximum atomic E-state index is 12.2. The van der Waals surface area contributed by atoms with Gasteiger partial charge in [0.25, 0.3) is 0 Å². The van der Waals surface area contributed by atoms with Crippen LogP contribution in [-0.4, -0.2) is 42.3 Å². The number of fused-ring (bicyclic) bond motifs is 1. The van der Waals surface area contributed by atoms with E-state index in [-0.39, 0.29) is 6.03 Å². The lowest BCUT2D eigenvalue weighted by molar-refractivity contribution is 0.122. The molecule has 1 aliphatic heterocycles. The first kappa shape index (κ1) is 22.1. The van der Waals surface area contributed by atoms with Gasteiger partial charge in [-0.25, -0.2) is 9.78 Å². The minimum Gasteiger partial charge on any atom is -0.457 e. The summed E-state index contributed by atoms with van der Waals surface area (Å²) in [5.74, 6) is 2.09. The number of morpholine rings is 1. The lowest BCUT2D eigenvalue weighted by Crippen LogP contribution is -2.36. The number of hydrogen-bond donors (Lipinski definition) is 2. The van der Waals surface area contributed by atoms with Crippen molar-refractivity contribution in [3.8, 4) is 17.6 Å². The van der Waals surface area contributed by atoms with E-state index in [0.29, 0.717) is 41.7 Å². The molecule has 1 fully saturated rings. The van der Waals surface area contributed by atoms with Crippen molar-refractivity contribution in [1.29, 1.82) is 5.26 Å². The maximum absolute atomic E-state index is 12.2. The average Bonchev–Trinajstić information content (AvgIpc) is 2.90. The van der Waals surface area contributed by atoms with Crippen molar-refractivity contribution < 1.29 is 14.3 Å². The zero-order valence-corrected chi connectivity index (χ0v) is 18.8. The van der Waals surface area contributed by atoms with Gasteiger partial charge in [0.05, 0.1) is 42.1 Å². The van der Waals surface area contributed by atoms with Gasteiger partial charge in [-0.2, -0.15) is 5.26 Å². The molecule has 2 heterocycles. The van der Waals surface area contributed by atoms with Crippen LogP contribution in [0, 0.1) is 11.3 Å². The maximum Gasteiger partial charge on any atom is 0.323 e. The molecule has 9 heteroatoms. The number of ether oxygens (including phenoxy) is 2. The Kier molecular flexibility index (Phi) is 6.37. The monoisotopic (exact) mass is 466 g/mol. The van der Waals surface area contributed by atoms with E-state index in [1.165, 1.54) is 0 Å². The van der Waals surface area contributed by atoms with Gasteiger partial charge >= 0.3 is 6.03 Å². The van der Waals surface area contributed by atoms with Crippen molar-refractivity contribution in [2.45, 2.75) is 0 Å². The van der Waals surface area contributed by atoms with Crippen molar-refractivity contribution >= 4 is 34.3 Å². The van der Waals surface area contributed by atoms with Crippen LogP contribution in [0.1, 0.15) is 5.56 Å². The van der Waals surface area contributed by atoms with Crippen LogP contribution in [-0.2, 0) is 4.74 Å². The van der Waals surface area contributed by atoms with Gasteiger partial charge in [-0.05, 0) is 60.7 Å². The first-order chi connectivity index (χ1) is 17.2. The van der Waals surface area contributed by atoms with Crippen LogP contribution in [0.4, 0.5) is 22.0 Å². The standard InChI is InChI=1S/C26H22N6O3/c27-16-18-1-3-19(4-2-18)29-26(33)30-20-5-7-21(8-6-20)35-22-9-10-23-24(15-22)31-25(17-28-23)32-11-13-34-14-12-32/h1-10,15,17H,11-14H2,(H2,29,30,33). The highest BCUT2D eigenvalue weighted by molar-refractivity contribution is 5.99. The molecule has 9 nitrogen and oxygen atoms in total. The highest BCUT2D eigenvalue weighted by Gasteiger charge is 2.13. The Bertz CT molecular complexity index is 1380. The molecule has 1 aromatic heterocycles. The molecule has 0 atom stereocenters. The number of hydrogen-bond acceptors (Lipinski definition) is 7. The summed E-state index contributed by atoms with van der Waals surface area (Å²) in [6.45, 7) is 2.96. The van der Waals surface area contributed by atoms with Gasteiger partial charge in [0.2, 0.25) is 0 Å². The summed E-state index contributed by atoms with van der Waals surface area (Å²) in [5, 5.41) is 14.4. The van der Waals surface area contributed by atoms with E-state index in [0.717, 1.165) is 29.9 Å². The summed E-state index contributed by atoms with van der Waals surface area (Å²) in [6, 6.07) is 20.9. The van der Waals surface area contributed by atoms with E-state index < -0.39 is 0 Å². The number of amides is 2. The fourth-order valence-corrected chi connectivity index (χ4v) is 3.65. The average molecular weight is 467 g/mol. The SMILES string of the molecule is N#Cc1ccc(NC(=O)Nc2ccc(Oc3ccc4ncc(N5CCOCC5)nc4c3)cc2)cc1. The van der Waals surface area contributed by atoms with Crippen molar-refractivity contribution in [1.82, 2.24) is 9.97 Å². The van der Waals surface area contributed by atoms with E-state index >= 15 is 0 Å². The van der Waals surface area contributed by atoms with Gasteiger partial charge in [-0.15, -0.1) is 0 Å². The van der Waals surface area contributed by atoms with Gasteiger partial charge < -0.3 is 25.0 Å². The smallest absolute Gasteiger partial charge is 0.323 e. The summed E-state index contributed by atoms with van der Waals surface area (Å²) >= 11 is 0. The highest BCUT2D eigenvalue weighted by Crippen LogP contribution is 2.26. The predicted octanol–water partition coefficient (Wildman–Crippen LogP) is 4.77. The Morgan fingerprint density at radius 3 is 2.26 bits per heavy atom. The van der Waals surface area contributed by atoms with Crippen molar-refractivity contribution in [3.63, 3.8) is 0 Å². The topological polar surface area (TPSA) is 112 Å². The van der Waals surface area contributed by atoms with Gasteiger partial charge in [0.1, 0.15) is 17.3 Å². The number of benzene rings is 3. The van der Waals surface area contributed by atoms with Crippen LogP contribution in [0.15, 0.2) is 72.9 Å². The fourth-order valence-electron chi connectivity index (χ4n) is 3.65. The first-order valence-electron chi connectivity index (χ1n) is 11.1. The van der Waals surface area contributed by atoms with E-state index in [2.05, 4.69) is 20.5 Å². The molecule has 0 saturated carbocycles. The quantitative estimate of drug-likeness (QED) is 0.435. The molecule has 2 amide bonds. The molecule has 5 rings (SSSR count). The fraction of sp³-hybridized carbons (Fsp3) is 0.154. The van der Waals surface area contributed by atoms with Gasteiger partial charge in [-0.1, -0.05) is 0 Å². The molecule has 0 aliphatic carbocycles. The number of nitrogens with zero attached hydrogens (tertiary/aromatic N) is 4. The number of urea groups is 1. The number of nitrogens with one attached hydrogen (secondary N) is 2. The van der Waals surface area contributed by atoms with E-state index in [1.54, 1.807) is 54.7 Å². The lowest BCUT2D eigenvalue weighted by Gasteiger charge is -2.27. The second-order valence-electron chi connectivity index (χ2n) is 7.87. The van der Waals surface area contributed by atoms with Gasteiger partial charge in [-0.3, -0.25) is 4.98 Å². The molecule has 174 valence electrons. The lowest BCUT2D eigenvalue weighted by atomic mass is 10.2. The van der Waals surface area contributed by atoms with E-state index in [9.17, 15) is 4.79 Å². The van der Waals surface area contributed by atoms with Crippen LogP contribution in [0.5, 0.6) is 11.5 Å².